The number of carbonyl (C=O) groups excluding carboxylic acids is 2. The first-order valence-corrected chi connectivity index (χ1v) is 9.30. The van der Waals surface area contributed by atoms with Gasteiger partial charge in [0.25, 0.3) is 5.91 Å². The van der Waals surface area contributed by atoms with Crippen LogP contribution in [-0.2, 0) is 11.2 Å². The van der Waals surface area contributed by atoms with E-state index in [2.05, 4.69) is 10.6 Å². The van der Waals surface area contributed by atoms with Gasteiger partial charge in [0.15, 0.2) is 0 Å². The molecule has 1 aromatic carbocycles. The Morgan fingerprint density at radius 1 is 1.35 bits per heavy atom. The second-order valence-corrected chi connectivity index (χ2v) is 7.60. The lowest BCUT2D eigenvalue weighted by Crippen LogP contribution is -2.48. The second kappa shape index (κ2) is 6.87. The molecule has 1 unspecified atom stereocenters. The second-order valence-electron chi connectivity index (χ2n) is 7.60. The van der Waals surface area contributed by atoms with E-state index in [0.717, 1.165) is 31.5 Å². The van der Waals surface area contributed by atoms with Gasteiger partial charge in [0.1, 0.15) is 11.4 Å². The number of nitrogens with zero attached hydrogens (tertiary/aromatic N) is 1. The minimum atomic E-state index is -0.510. The number of piperidine rings is 1. The average Bonchev–Trinajstić information content (AvgIpc) is 3.27. The largest absolute Gasteiger partial charge is 0.441 e. The molecular formula is C19H24FN3O3. The van der Waals surface area contributed by atoms with E-state index in [1.807, 2.05) is 0 Å². The van der Waals surface area contributed by atoms with Gasteiger partial charge in [-0.15, -0.1) is 0 Å². The Bertz CT molecular complexity index is 710. The molecule has 0 aromatic heterocycles. The van der Waals surface area contributed by atoms with Crippen LogP contribution in [0.25, 0.3) is 0 Å². The molecule has 1 atom stereocenters. The summed E-state index contributed by atoms with van der Waals surface area (Å²) in [6.45, 7) is 3.40. The Labute approximate surface area is 152 Å². The average molecular weight is 361 g/mol. The quantitative estimate of drug-likeness (QED) is 0.860. The van der Waals surface area contributed by atoms with Crippen molar-refractivity contribution in [3.63, 3.8) is 0 Å². The van der Waals surface area contributed by atoms with Gasteiger partial charge < -0.3 is 20.3 Å². The van der Waals surface area contributed by atoms with Gasteiger partial charge in [-0.25, -0.2) is 9.18 Å². The first-order chi connectivity index (χ1) is 12.5. The molecule has 26 heavy (non-hydrogen) atoms. The van der Waals surface area contributed by atoms with E-state index >= 15 is 0 Å². The predicted molar refractivity (Wildman–Crippen MR) is 93.4 cm³/mol. The number of nitrogens with one attached hydrogen (secondary N) is 2. The van der Waals surface area contributed by atoms with E-state index in [4.69, 9.17) is 4.74 Å². The lowest BCUT2D eigenvalue weighted by atomic mass is 9.91. The highest BCUT2D eigenvalue weighted by Crippen LogP contribution is 2.30. The molecule has 3 saturated heterocycles. The highest BCUT2D eigenvalue weighted by Gasteiger charge is 2.43. The lowest BCUT2D eigenvalue weighted by Gasteiger charge is -2.37. The highest BCUT2D eigenvalue weighted by molar-refractivity contribution is 5.94. The maximum absolute atomic E-state index is 14.3. The third-order valence-corrected chi connectivity index (χ3v) is 5.77. The molecule has 3 aliphatic heterocycles. The van der Waals surface area contributed by atoms with Crippen LogP contribution in [0.1, 0.15) is 35.2 Å². The number of hydrogen-bond acceptors (Lipinski definition) is 4. The van der Waals surface area contributed by atoms with E-state index in [9.17, 15) is 14.0 Å². The van der Waals surface area contributed by atoms with E-state index in [1.54, 1.807) is 17.0 Å². The van der Waals surface area contributed by atoms with Crippen molar-refractivity contribution in [1.29, 1.82) is 0 Å². The third-order valence-electron chi connectivity index (χ3n) is 5.77. The Hall–Kier alpha value is -2.15. The van der Waals surface area contributed by atoms with E-state index in [-0.39, 0.29) is 11.5 Å². The normalized spacial score (nSPS) is 24.6. The van der Waals surface area contributed by atoms with Crippen molar-refractivity contribution in [1.82, 2.24) is 15.5 Å². The first-order valence-electron chi connectivity index (χ1n) is 9.30. The summed E-state index contributed by atoms with van der Waals surface area (Å²) in [7, 11) is 0. The van der Waals surface area contributed by atoms with Crippen LogP contribution in [0.2, 0.25) is 0 Å². The first kappa shape index (κ1) is 17.3. The number of hydrogen-bond donors (Lipinski definition) is 2. The van der Waals surface area contributed by atoms with Gasteiger partial charge >= 0.3 is 6.09 Å². The molecular weight excluding hydrogens is 337 g/mol. The fourth-order valence-electron chi connectivity index (χ4n) is 4.15. The van der Waals surface area contributed by atoms with Gasteiger partial charge in [-0.05, 0) is 49.5 Å². The molecule has 0 aliphatic carbocycles. The molecule has 3 aliphatic rings. The SMILES string of the molecule is O=C1NCC2(CCN(C(=O)c3cc(CC4CCNC4)ccc3F)CC2)O1. The number of benzene rings is 1. The van der Waals surface area contributed by atoms with Gasteiger partial charge in [0.2, 0.25) is 0 Å². The zero-order valence-corrected chi connectivity index (χ0v) is 14.7. The number of likely N-dealkylation sites (tertiary alicyclic amines) is 1. The van der Waals surface area contributed by atoms with Crippen LogP contribution in [0.5, 0.6) is 0 Å². The molecule has 0 saturated carbocycles. The van der Waals surface area contributed by atoms with Crippen molar-refractivity contribution in [3.05, 3.63) is 35.1 Å². The van der Waals surface area contributed by atoms with Crippen LogP contribution in [0.3, 0.4) is 0 Å². The maximum Gasteiger partial charge on any atom is 0.407 e. The fourth-order valence-corrected chi connectivity index (χ4v) is 4.15. The van der Waals surface area contributed by atoms with Crippen molar-refractivity contribution in [2.75, 3.05) is 32.7 Å². The summed E-state index contributed by atoms with van der Waals surface area (Å²) in [6, 6.07) is 4.88. The van der Waals surface area contributed by atoms with Crippen LogP contribution < -0.4 is 10.6 Å². The number of ether oxygens (including phenoxy) is 1. The Kier molecular flexibility index (Phi) is 4.56. The predicted octanol–water partition coefficient (Wildman–Crippen LogP) is 1.69. The summed E-state index contributed by atoms with van der Waals surface area (Å²) in [6.07, 6.45) is 2.73. The Morgan fingerprint density at radius 2 is 2.15 bits per heavy atom. The number of alkyl carbamates (subject to hydrolysis) is 1. The van der Waals surface area contributed by atoms with Gasteiger partial charge in [0.05, 0.1) is 12.1 Å². The summed E-state index contributed by atoms with van der Waals surface area (Å²) >= 11 is 0. The number of rotatable bonds is 3. The molecule has 2 amide bonds. The molecule has 0 radical (unpaired) electrons. The highest BCUT2D eigenvalue weighted by atomic mass is 19.1. The molecule has 7 heteroatoms. The van der Waals surface area contributed by atoms with Gasteiger partial charge in [-0.2, -0.15) is 0 Å². The van der Waals surface area contributed by atoms with Crippen LogP contribution in [0.15, 0.2) is 18.2 Å². The van der Waals surface area contributed by atoms with Crippen LogP contribution in [0, 0.1) is 11.7 Å². The molecule has 3 fully saturated rings. The molecule has 4 rings (SSSR count). The smallest absolute Gasteiger partial charge is 0.407 e. The van der Waals surface area contributed by atoms with E-state index in [0.29, 0.717) is 38.4 Å². The Balaban J connectivity index is 1.43. The minimum absolute atomic E-state index is 0.144. The molecule has 0 bridgehead atoms. The Morgan fingerprint density at radius 3 is 2.81 bits per heavy atom. The zero-order valence-electron chi connectivity index (χ0n) is 14.7. The van der Waals surface area contributed by atoms with Gasteiger partial charge in [-0.3, -0.25) is 4.79 Å². The van der Waals surface area contributed by atoms with Gasteiger partial charge in [0, 0.05) is 25.9 Å². The zero-order chi connectivity index (χ0) is 18.1. The standard InChI is InChI=1S/C19H24FN3O3/c20-16-2-1-13(9-14-3-6-21-11-14)10-15(16)17(24)23-7-4-19(5-8-23)12-22-18(25)26-19/h1-2,10,14,21H,3-9,11-12H2,(H,22,25). The molecule has 1 aromatic rings. The molecule has 1 spiro atoms. The molecule has 6 nitrogen and oxygen atoms in total. The summed E-state index contributed by atoms with van der Waals surface area (Å²) in [5, 5.41) is 6.01. The van der Waals surface area contributed by atoms with Crippen LogP contribution in [-0.4, -0.2) is 55.2 Å². The molecule has 140 valence electrons. The molecule has 2 N–H and O–H groups in total. The number of amides is 2. The van der Waals surface area contributed by atoms with Crippen molar-refractivity contribution in [2.24, 2.45) is 5.92 Å². The van der Waals surface area contributed by atoms with Crippen molar-refractivity contribution in [2.45, 2.75) is 31.3 Å². The van der Waals surface area contributed by atoms with E-state index in [1.165, 1.54) is 6.07 Å². The monoisotopic (exact) mass is 361 g/mol. The topological polar surface area (TPSA) is 70.7 Å². The van der Waals surface area contributed by atoms with E-state index < -0.39 is 17.5 Å². The van der Waals surface area contributed by atoms with Crippen LogP contribution in [0.4, 0.5) is 9.18 Å². The third kappa shape index (κ3) is 3.40. The summed E-state index contributed by atoms with van der Waals surface area (Å²) < 4.78 is 19.7. The van der Waals surface area contributed by atoms with Crippen molar-refractivity contribution >= 4 is 12.0 Å². The fraction of sp³-hybridized carbons (Fsp3) is 0.579. The summed E-state index contributed by atoms with van der Waals surface area (Å²) in [4.78, 5) is 25.8. The lowest BCUT2D eigenvalue weighted by molar-refractivity contribution is 0.00319. The summed E-state index contributed by atoms with van der Waals surface area (Å²) in [5.74, 6) is -0.207. The maximum atomic E-state index is 14.3. The van der Waals surface area contributed by atoms with Crippen LogP contribution >= 0.6 is 0 Å². The number of halogens is 1. The van der Waals surface area contributed by atoms with Crippen molar-refractivity contribution < 1.29 is 18.7 Å². The van der Waals surface area contributed by atoms with Crippen molar-refractivity contribution in [3.8, 4) is 0 Å². The molecule has 3 heterocycles. The van der Waals surface area contributed by atoms with Gasteiger partial charge in [-0.1, -0.05) is 6.07 Å². The minimum Gasteiger partial charge on any atom is -0.441 e. The summed E-state index contributed by atoms with van der Waals surface area (Å²) in [5.41, 5.74) is 0.640. The number of carbonyl (C=O) groups is 2.